The van der Waals surface area contributed by atoms with Gasteiger partial charge >= 0.3 is 0 Å². The van der Waals surface area contributed by atoms with Gasteiger partial charge in [-0.05, 0) is 31.0 Å². The molecule has 4 rings (SSSR count). The van der Waals surface area contributed by atoms with Crippen molar-refractivity contribution in [3.63, 3.8) is 0 Å². The molecule has 3 amide bonds. The summed E-state index contributed by atoms with van der Waals surface area (Å²) in [4.78, 5) is 42.5. The molecule has 3 aliphatic rings. The van der Waals surface area contributed by atoms with Gasteiger partial charge in [0.05, 0.1) is 19.8 Å². The summed E-state index contributed by atoms with van der Waals surface area (Å²) >= 11 is 0. The van der Waals surface area contributed by atoms with Gasteiger partial charge in [-0.2, -0.15) is 0 Å². The zero-order valence-electron chi connectivity index (χ0n) is 19.4. The third-order valence-electron chi connectivity index (χ3n) is 6.83. The van der Waals surface area contributed by atoms with Crippen molar-refractivity contribution in [2.75, 3.05) is 40.0 Å². The smallest absolute Gasteiger partial charge is 0.257 e. The maximum Gasteiger partial charge on any atom is 0.257 e. The van der Waals surface area contributed by atoms with Gasteiger partial charge in [0.1, 0.15) is 17.5 Å². The molecule has 0 unspecified atom stereocenters. The number of hydrogen-bond acceptors (Lipinski definition) is 6. The molecule has 3 heterocycles. The molecular weight excluding hydrogens is 426 g/mol. The number of nitrogens with one attached hydrogen (secondary N) is 1. The second-order valence-electron chi connectivity index (χ2n) is 8.79. The van der Waals surface area contributed by atoms with Gasteiger partial charge in [0.25, 0.3) is 5.91 Å². The van der Waals surface area contributed by atoms with Crippen LogP contribution in [0, 0.1) is 0 Å². The second kappa shape index (κ2) is 10.1. The molecule has 180 valence electrons. The number of carbonyl (C=O) groups is 3. The molecule has 0 radical (unpaired) electrons. The number of piperidine rings is 1. The van der Waals surface area contributed by atoms with E-state index >= 15 is 0 Å². The van der Waals surface area contributed by atoms with Crippen molar-refractivity contribution in [3.05, 3.63) is 29.8 Å². The Morgan fingerprint density at radius 3 is 2.70 bits per heavy atom. The fourth-order valence-electron chi connectivity index (χ4n) is 4.93. The largest absolute Gasteiger partial charge is 0.497 e. The lowest BCUT2D eigenvalue weighted by molar-refractivity contribution is -0.143. The number of hydrogen-bond donors (Lipinski definition) is 1. The van der Waals surface area contributed by atoms with Gasteiger partial charge in [0.15, 0.2) is 0 Å². The fraction of sp³-hybridized carbons (Fsp3) is 0.625. The number of benzene rings is 1. The Hall–Kier alpha value is -2.65. The Balaban J connectivity index is 1.56. The molecule has 3 fully saturated rings. The molecule has 2 atom stereocenters. The standard InChI is InChI=1S/C24H33N3O6/c1-3-21(28)26-11-9-24(10-12-26)27(23(30)17-6-4-7-18(14-17)31-2)20(16-33-24)22(29)25-15-19-8-5-13-32-19/h4,6-7,14,19-20H,3,5,8-13,15-16H2,1-2H3,(H,25,29)/t19-,20+/m0/s1. The van der Waals surface area contributed by atoms with E-state index in [1.165, 1.54) is 0 Å². The first-order valence-electron chi connectivity index (χ1n) is 11.8. The summed E-state index contributed by atoms with van der Waals surface area (Å²) in [6.45, 7) is 4.06. The number of amides is 3. The van der Waals surface area contributed by atoms with Crippen molar-refractivity contribution >= 4 is 17.7 Å². The van der Waals surface area contributed by atoms with Crippen LogP contribution in [0.4, 0.5) is 0 Å². The summed E-state index contributed by atoms with van der Waals surface area (Å²) in [5.74, 6) is 0.127. The number of rotatable bonds is 6. The third kappa shape index (κ3) is 4.84. The van der Waals surface area contributed by atoms with E-state index in [1.807, 2.05) is 6.92 Å². The SMILES string of the molecule is CCC(=O)N1CCC2(CC1)OC[C@H](C(=O)NC[C@@H]1CCCO1)N2C(=O)c1cccc(OC)c1. The molecule has 9 nitrogen and oxygen atoms in total. The molecule has 0 bridgehead atoms. The van der Waals surface area contributed by atoms with E-state index in [-0.39, 0.29) is 30.4 Å². The molecular formula is C24H33N3O6. The van der Waals surface area contributed by atoms with E-state index in [0.29, 0.717) is 56.8 Å². The van der Waals surface area contributed by atoms with Crippen molar-refractivity contribution in [3.8, 4) is 5.75 Å². The summed E-state index contributed by atoms with van der Waals surface area (Å²) in [6.07, 6.45) is 3.28. The minimum absolute atomic E-state index is 0.0102. The van der Waals surface area contributed by atoms with Gasteiger partial charge in [-0.1, -0.05) is 13.0 Å². The number of carbonyl (C=O) groups excluding carboxylic acids is 3. The zero-order valence-corrected chi connectivity index (χ0v) is 19.4. The minimum atomic E-state index is -0.920. The summed E-state index contributed by atoms with van der Waals surface area (Å²) in [5, 5.41) is 2.96. The van der Waals surface area contributed by atoms with Gasteiger partial charge in [-0.3, -0.25) is 19.3 Å². The molecule has 9 heteroatoms. The van der Waals surface area contributed by atoms with Crippen LogP contribution in [0.5, 0.6) is 5.75 Å². The van der Waals surface area contributed by atoms with Crippen molar-refractivity contribution < 1.29 is 28.6 Å². The fourth-order valence-corrected chi connectivity index (χ4v) is 4.93. The van der Waals surface area contributed by atoms with Crippen LogP contribution >= 0.6 is 0 Å². The third-order valence-corrected chi connectivity index (χ3v) is 6.83. The first-order chi connectivity index (χ1) is 16.0. The Kier molecular flexibility index (Phi) is 7.19. The van der Waals surface area contributed by atoms with E-state index in [9.17, 15) is 14.4 Å². The topological polar surface area (TPSA) is 97.4 Å². The molecule has 0 aliphatic carbocycles. The molecule has 1 aromatic carbocycles. The van der Waals surface area contributed by atoms with Gasteiger partial charge < -0.3 is 24.4 Å². The highest BCUT2D eigenvalue weighted by Crippen LogP contribution is 2.39. The van der Waals surface area contributed by atoms with Crippen LogP contribution in [0.25, 0.3) is 0 Å². The van der Waals surface area contributed by atoms with Crippen LogP contribution in [0.2, 0.25) is 0 Å². The van der Waals surface area contributed by atoms with Crippen LogP contribution in [-0.2, 0) is 19.1 Å². The lowest BCUT2D eigenvalue weighted by Crippen LogP contribution is -2.60. The van der Waals surface area contributed by atoms with E-state index in [4.69, 9.17) is 14.2 Å². The van der Waals surface area contributed by atoms with E-state index in [0.717, 1.165) is 12.8 Å². The van der Waals surface area contributed by atoms with Gasteiger partial charge in [-0.15, -0.1) is 0 Å². The Labute approximate surface area is 194 Å². The Morgan fingerprint density at radius 2 is 2.03 bits per heavy atom. The number of likely N-dealkylation sites (tertiary alicyclic amines) is 1. The van der Waals surface area contributed by atoms with Crippen LogP contribution in [0.1, 0.15) is 49.4 Å². The summed E-state index contributed by atoms with van der Waals surface area (Å²) in [6, 6.07) is 6.16. The van der Waals surface area contributed by atoms with Gasteiger partial charge in [0, 0.05) is 51.1 Å². The Bertz CT molecular complexity index is 877. The summed E-state index contributed by atoms with van der Waals surface area (Å²) in [5.41, 5.74) is -0.487. The van der Waals surface area contributed by atoms with Gasteiger partial charge in [-0.25, -0.2) is 0 Å². The van der Waals surface area contributed by atoms with E-state index in [2.05, 4.69) is 5.32 Å². The quantitative estimate of drug-likeness (QED) is 0.694. The maximum atomic E-state index is 13.7. The summed E-state index contributed by atoms with van der Waals surface area (Å²) in [7, 11) is 1.55. The molecule has 1 spiro atoms. The average Bonchev–Trinajstić information content (AvgIpc) is 3.50. The average molecular weight is 460 g/mol. The van der Waals surface area contributed by atoms with Crippen molar-refractivity contribution in [2.24, 2.45) is 0 Å². The molecule has 3 aliphatic heterocycles. The first kappa shape index (κ1) is 23.5. The van der Waals surface area contributed by atoms with Crippen LogP contribution in [0.3, 0.4) is 0 Å². The monoisotopic (exact) mass is 459 g/mol. The molecule has 1 N–H and O–H groups in total. The van der Waals surface area contributed by atoms with Gasteiger partial charge in [0.2, 0.25) is 11.8 Å². The first-order valence-corrected chi connectivity index (χ1v) is 11.8. The molecule has 0 saturated carbocycles. The lowest BCUT2D eigenvalue weighted by Gasteiger charge is -2.44. The maximum absolute atomic E-state index is 13.7. The van der Waals surface area contributed by atoms with Crippen molar-refractivity contribution in [1.29, 1.82) is 0 Å². The van der Waals surface area contributed by atoms with E-state index in [1.54, 1.807) is 41.2 Å². The van der Waals surface area contributed by atoms with Crippen LogP contribution in [-0.4, -0.2) is 85.3 Å². The van der Waals surface area contributed by atoms with Crippen molar-refractivity contribution in [1.82, 2.24) is 15.1 Å². The second-order valence-corrected chi connectivity index (χ2v) is 8.79. The molecule has 33 heavy (non-hydrogen) atoms. The molecule has 3 saturated heterocycles. The van der Waals surface area contributed by atoms with Crippen LogP contribution in [0.15, 0.2) is 24.3 Å². The number of methoxy groups -OCH3 is 1. The summed E-state index contributed by atoms with van der Waals surface area (Å²) < 4.78 is 17.1. The normalized spacial score (nSPS) is 24.2. The van der Waals surface area contributed by atoms with Crippen molar-refractivity contribution in [2.45, 2.75) is 56.9 Å². The number of ether oxygens (including phenoxy) is 3. The highest BCUT2D eigenvalue weighted by atomic mass is 16.5. The Morgan fingerprint density at radius 1 is 1.24 bits per heavy atom. The zero-order chi connectivity index (χ0) is 23.4. The minimum Gasteiger partial charge on any atom is -0.497 e. The predicted octanol–water partition coefficient (Wildman–Crippen LogP) is 1.56. The predicted molar refractivity (Wildman–Crippen MR) is 120 cm³/mol. The molecule has 1 aromatic rings. The molecule has 0 aromatic heterocycles. The highest BCUT2D eigenvalue weighted by molar-refractivity contribution is 5.98. The lowest BCUT2D eigenvalue weighted by atomic mass is 9.96. The van der Waals surface area contributed by atoms with Crippen LogP contribution < -0.4 is 10.1 Å². The number of nitrogens with zero attached hydrogens (tertiary/aromatic N) is 2. The highest BCUT2D eigenvalue weighted by Gasteiger charge is 2.54. The van der Waals surface area contributed by atoms with E-state index < -0.39 is 11.8 Å².